The van der Waals surface area contributed by atoms with Crippen molar-refractivity contribution >= 4 is 46.8 Å². The summed E-state index contributed by atoms with van der Waals surface area (Å²) >= 11 is 11.8. The molecule has 7 atom stereocenters. The standard InChI is InChI=1S/C22H19Cl2NO5/c1-9(22(29)30-8-17(26)13-3-2-10(23)6-16(13)24)25-20(27)18-11-4-5-12(15-7-14(11)15)19(18)21(25)28/h2-6,9,11-12,14-15,18-19H,7-8H2,1H3. The Morgan fingerprint density at radius 3 is 2.27 bits per heavy atom. The highest BCUT2D eigenvalue weighted by molar-refractivity contribution is 6.36. The highest BCUT2D eigenvalue weighted by Gasteiger charge is 2.67. The third-order valence-electron chi connectivity index (χ3n) is 7.00. The number of benzene rings is 1. The molecule has 5 aliphatic rings. The summed E-state index contributed by atoms with van der Waals surface area (Å²) in [5.74, 6) is -1.48. The number of likely N-dealkylation sites (tertiary alicyclic amines) is 1. The van der Waals surface area contributed by atoms with Crippen LogP contribution in [0, 0.1) is 35.5 Å². The first-order valence-electron chi connectivity index (χ1n) is 9.99. The number of amides is 2. The normalized spacial score (nSPS) is 33.9. The quantitative estimate of drug-likeness (QED) is 0.299. The van der Waals surface area contributed by atoms with Gasteiger partial charge in [0.05, 0.1) is 16.9 Å². The summed E-state index contributed by atoms with van der Waals surface area (Å²) in [7, 11) is 0. The number of nitrogens with zero attached hydrogens (tertiary/aromatic N) is 1. The molecule has 30 heavy (non-hydrogen) atoms. The van der Waals surface area contributed by atoms with Crippen LogP contribution in [0.1, 0.15) is 23.7 Å². The Labute approximate surface area is 183 Å². The fourth-order valence-corrected chi connectivity index (χ4v) is 6.03. The second kappa shape index (κ2) is 6.92. The lowest BCUT2D eigenvalue weighted by molar-refractivity contribution is -0.157. The molecule has 1 heterocycles. The molecule has 2 bridgehead atoms. The molecule has 1 aliphatic heterocycles. The van der Waals surface area contributed by atoms with E-state index in [1.807, 2.05) is 0 Å². The van der Waals surface area contributed by atoms with E-state index in [0.29, 0.717) is 16.9 Å². The maximum Gasteiger partial charge on any atom is 0.329 e. The van der Waals surface area contributed by atoms with Crippen LogP contribution in [0.25, 0.3) is 0 Å². The van der Waals surface area contributed by atoms with Crippen molar-refractivity contribution in [1.29, 1.82) is 0 Å². The number of rotatable bonds is 5. The summed E-state index contributed by atoms with van der Waals surface area (Å²) in [4.78, 5) is 52.1. The van der Waals surface area contributed by atoms with Gasteiger partial charge < -0.3 is 4.74 Å². The van der Waals surface area contributed by atoms with Crippen molar-refractivity contribution < 1.29 is 23.9 Å². The van der Waals surface area contributed by atoms with E-state index in [4.69, 9.17) is 27.9 Å². The van der Waals surface area contributed by atoms with Gasteiger partial charge >= 0.3 is 5.97 Å². The third kappa shape index (κ3) is 2.84. The topological polar surface area (TPSA) is 80.8 Å². The first-order chi connectivity index (χ1) is 14.3. The molecule has 0 N–H and O–H groups in total. The first-order valence-corrected chi connectivity index (χ1v) is 10.8. The van der Waals surface area contributed by atoms with E-state index < -0.39 is 24.4 Å². The Morgan fingerprint density at radius 1 is 1.10 bits per heavy atom. The maximum atomic E-state index is 13.1. The van der Waals surface area contributed by atoms with Crippen LogP contribution in [-0.2, 0) is 19.1 Å². The summed E-state index contributed by atoms with van der Waals surface area (Å²) in [5, 5.41) is 0.544. The van der Waals surface area contributed by atoms with Gasteiger partial charge in [0.25, 0.3) is 0 Å². The largest absolute Gasteiger partial charge is 0.456 e. The van der Waals surface area contributed by atoms with Gasteiger partial charge in [0.15, 0.2) is 6.61 Å². The minimum Gasteiger partial charge on any atom is -0.456 e. The van der Waals surface area contributed by atoms with Gasteiger partial charge in [-0.05, 0) is 55.2 Å². The lowest BCUT2D eigenvalue weighted by atomic mass is 9.63. The average molecular weight is 448 g/mol. The van der Waals surface area contributed by atoms with Crippen molar-refractivity contribution in [3.8, 4) is 0 Å². The summed E-state index contributed by atoms with van der Waals surface area (Å²) < 4.78 is 5.13. The van der Waals surface area contributed by atoms with Gasteiger partial charge in [0.1, 0.15) is 6.04 Å². The van der Waals surface area contributed by atoms with Gasteiger partial charge in [-0.15, -0.1) is 0 Å². The van der Waals surface area contributed by atoms with E-state index in [1.165, 1.54) is 25.1 Å². The van der Waals surface area contributed by atoms with Crippen LogP contribution in [0.4, 0.5) is 0 Å². The van der Waals surface area contributed by atoms with Crippen LogP contribution in [0.2, 0.25) is 10.0 Å². The number of ketones is 1. The number of carbonyl (C=O) groups is 4. The minimum atomic E-state index is -1.08. The molecule has 6 nitrogen and oxygen atoms in total. The van der Waals surface area contributed by atoms with E-state index in [0.717, 1.165) is 11.3 Å². The zero-order valence-electron chi connectivity index (χ0n) is 16.1. The summed E-state index contributed by atoms with van der Waals surface area (Å²) in [6.07, 6.45) is 5.22. The van der Waals surface area contributed by atoms with Crippen LogP contribution in [0.5, 0.6) is 0 Å². The molecule has 6 rings (SSSR count). The van der Waals surface area contributed by atoms with Crippen molar-refractivity contribution in [3.63, 3.8) is 0 Å². The fourth-order valence-electron chi connectivity index (χ4n) is 5.52. The number of halogens is 2. The van der Waals surface area contributed by atoms with Crippen LogP contribution >= 0.6 is 23.2 Å². The highest BCUT2D eigenvalue weighted by Crippen LogP contribution is 2.65. The molecule has 156 valence electrons. The Morgan fingerprint density at radius 2 is 1.70 bits per heavy atom. The van der Waals surface area contributed by atoms with E-state index in [-0.39, 0.29) is 46.1 Å². The number of hydrogen-bond acceptors (Lipinski definition) is 5. The molecule has 0 aromatic heterocycles. The Kier molecular flexibility index (Phi) is 4.56. The molecular weight excluding hydrogens is 429 g/mol. The summed E-state index contributed by atoms with van der Waals surface area (Å²) in [6.45, 7) is 0.926. The number of ether oxygens (including phenoxy) is 1. The summed E-state index contributed by atoms with van der Waals surface area (Å²) in [5.41, 5.74) is 0.183. The van der Waals surface area contributed by atoms with Gasteiger partial charge in [-0.1, -0.05) is 35.4 Å². The number of carbonyl (C=O) groups excluding carboxylic acids is 4. The molecule has 3 fully saturated rings. The highest BCUT2D eigenvalue weighted by atomic mass is 35.5. The molecule has 2 amide bonds. The second-order valence-corrected chi connectivity index (χ2v) is 9.38. The molecular formula is C22H19Cl2NO5. The van der Waals surface area contributed by atoms with Crippen LogP contribution < -0.4 is 0 Å². The number of allylic oxidation sites excluding steroid dienone is 2. The predicted octanol–water partition coefficient (Wildman–Crippen LogP) is 3.16. The van der Waals surface area contributed by atoms with Crippen molar-refractivity contribution in [1.82, 2.24) is 4.90 Å². The summed E-state index contributed by atoms with van der Waals surface area (Å²) in [6, 6.07) is 3.31. The average Bonchev–Trinajstić information content (AvgIpc) is 3.49. The molecule has 1 saturated heterocycles. The number of hydrogen-bond donors (Lipinski definition) is 0. The Bertz CT molecular complexity index is 985. The van der Waals surface area contributed by atoms with E-state index in [9.17, 15) is 19.2 Å². The Balaban J connectivity index is 1.27. The molecule has 1 aromatic carbocycles. The van der Waals surface area contributed by atoms with Crippen LogP contribution in [0.15, 0.2) is 30.4 Å². The van der Waals surface area contributed by atoms with Crippen LogP contribution in [0.3, 0.4) is 0 Å². The van der Waals surface area contributed by atoms with Crippen molar-refractivity contribution in [2.24, 2.45) is 35.5 Å². The fraction of sp³-hybridized carbons (Fsp3) is 0.455. The third-order valence-corrected chi connectivity index (χ3v) is 7.55. The van der Waals surface area contributed by atoms with Crippen LogP contribution in [-0.4, -0.2) is 41.1 Å². The van der Waals surface area contributed by atoms with Gasteiger partial charge in [0, 0.05) is 10.6 Å². The zero-order chi connectivity index (χ0) is 21.3. The SMILES string of the molecule is CC(C(=O)OCC(=O)c1ccc(Cl)cc1Cl)N1C(=O)C2C3C=CC(C4CC34)C2C1=O. The number of Topliss-reactive ketones (excluding diaryl/α,β-unsaturated/α-hetero) is 1. The Hall–Kier alpha value is -2.18. The van der Waals surface area contributed by atoms with E-state index >= 15 is 0 Å². The van der Waals surface area contributed by atoms with E-state index in [2.05, 4.69) is 12.2 Å². The van der Waals surface area contributed by atoms with E-state index in [1.54, 1.807) is 0 Å². The zero-order valence-corrected chi connectivity index (χ0v) is 17.6. The van der Waals surface area contributed by atoms with Gasteiger partial charge in [0.2, 0.25) is 17.6 Å². The minimum absolute atomic E-state index is 0.0864. The smallest absolute Gasteiger partial charge is 0.329 e. The monoisotopic (exact) mass is 447 g/mol. The van der Waals surface area contributed by atoms with Crippen molar-refractivity contribution in [3.05, 3.63) is 46.0 Å². The first kappa shape index (κ1) is 19.8. The molecule has 4 aliphatic carbocycles. The molecule has 1 aromatic rings. The van der Waals surface area contributed by atoms with Crippen molar-refractivity contribution in [2.45, 2.75) is 19.4 Å². The maximum absolute atomic E-state index is 13.1. The predicted molar refractivity (Wildman–Crippen MR) is 108 cm³/mol. The lowest BCUT2D eigenvalue weighted by Gasteiger charge is -2.37. The molecule has 2 saturated carbocycles. The molecule has 8 heteroatoms. The number of esters is 1. The molecule has 0 radical (unpaired) electrons. The lowest BCUT2D eigenvalue weighted by Crippen LogP contribution is -2.45. The van der Waals surface area contributed by atoms with Gasteiger partial charge in [-0.3, -0.25) is 19.3 Å². The number of imide groups is 1. The van der Waals surface area contributed by atoms with Crippen molar-refractivity contribution in [2.75, 3.05) is 6.61 Å². The van der Waals surface area contributed by atoms with Gasteiger partial charge in [-0.2, -0.15) is 0 Å². The van der Waals surface area contributed by atoms with Gasteiger partial charge in [-0.25, -0.2) is 4.79 Å². The molecule has 0 spiro atoms. The second-order valence-electron chi connectivity index (χ2n) is 8.53. The molecule has 7 unspecified atom stereocenters.